The Labute approximate surface area is 198 Å². The molecule has 4 aromatic carbocycles. The van der Waals surface area contributed by atoms with E-state index in [1.807, 2.05) is 42.6 Å². The number of hydrogen-bond acceptors (Lipinski definition) is 2. The zero-order valence-electron chi connectivity index (χ0n) is 19.4. The van der Waals surface area contributed by atoms with Crippen LogP contribution in [0.2, 0.25) is 19.6 Å². The molecular weight excluding hydrogens is 437 g/mol. The summed E-state index contributed by atoms with van der Waals surface area (Å²) in [4.78, 5) is 4.78. The molecule has 4 heteroatoms. The summed E-state index contributed by atoms with van der Waals surface area (Å²) in [5, 5.41) is 5.17. The molecule has 0 atom stereocenters. The average Bonchev–Trinajstić information content (AvgIpc) is 3.23. The van der Waals surface area contributed by atoms with Gasteiger partial charge in [0.2, 0.25) is 0 Å². The number of hydrogen-bond donors (Lipinski definition) is 0. The van der Waals surface area contributed by atoms with Crippen LogP contribution in [0.25, 0.3) is 55.1 Å². The minimum atomic E-state index is -1.32. The van der Waals surface area contributed by atoms with Crippen molar-refractivity contribution in [1.29, 1.82) is 0 Å². The highest BCUT2D eigenvalue weighted by atomic mass is 28.3. The van der Waals surface area contributed by atoms with Gasteiger partial charge in [0.25, 0.3) is 0 Å². The molecule has 2 heterocycles. The first-order valence-electron chi connectivity index (χ1n) is 11.5. The van der Waals surface area contributed by atoms with Crippen LogP contribution in [-0.2, 0) is 0 Å². The summed E-state index contributed by atoms with van der Waals surface area (Å²) < 4.78 is 20.3. The summed E-state index contributed by atoms with van der Waals surface area (Å²) in [5.74, 6) is -0.268. The number of aromatic nitrogens is 1. The fourth-order valence-corrected chi connectivity index (χ4v) is 5.80. The van der Waals surface area contributed by atoms with E-state index in [4.69, 9.17) is 9.40 Å². The van der Waals surface area contributed by atoms with E-state index in [1.165, 1.54) is 11.3 Å². The predicted octanol–water partition coefficient (Wildman–Crippen LogP) is 8.15. The molecule has 2 aromatic heterocycles. The second kappa shape index (κ2) is 7.64. The van der Waals surface area contributed by atoms with E-state index in [9.17, 15) is 4.39 Å². The monoisotopic (exact) mass is 461 g/mol. The summed E-state index contributed by atoms with van der Waals surface area (Å²) in [6.07, 6.45) is 1.92. The molecule has 166 valence electrons. The molecule has 0 aliphatic carbocycles. The van der Waals surface area contributed by atoms with Crippen molar-refractivity contribution in [3.05, 3.63) is 96.9 Å². The van der Waals surface area contributed by atoms with E-state index in [0.717, 1.165) is 49.5 Å². The highest BCUT2D eigenvalue weighted by Gasteiger charge is 2.17. The van der Waals surface area contributed by atoms with Crippen LogP contribution in [0.15, 0.2) is 95.5 Å². The lowest BCUT2D eigenvalue weighted by Gasteiger charge is -2.16. The van der Waals surface area contributed by atoms with E-state index in [-0.39, 0.29) is 5.82 Å². The van der Waals surface area contributed by atoms with Crippen LogP contribution in [0, 0.1) is 5.82 Å². The van der Waals surface area contributed by atoms with Gasteiger partial charge in [0.15, 0.2) is 0 Å². The summed E-state index contributed by atoms with van der Waals surface area (Å²) in [7, 11) is -1.32. The molecule has 0 aliphatic rings. The molecule has 2 nitrogen and oxygen atoms in total. The van der Waals surface area contributed by atoms with Gasteiger partial charge in [-0.25, -0.2) is 4.39 Å². The third-order valence-electron chi connectivity index (χ3n) is 6.57. The van der Waals surface area contributed by atoms with Crippen LogP contribution in [-0.4, -0.2) is 13.1 Å². The summed E-state index contributed by atoms with van der Waals surface area (Å²) in [6.45, 7) is 7.07. The molecule has 0 amide bonds. The number of pyridine rings is 1. The zero-order valence-corrected chi connectivity index (χ0v) is 20.4. The maximum Gasteiger partial charge on any atom is 0.144 e. The fourth-order valence-electron chi connectivity index (χ4n) is 4.64. The van der Waals surface area contributed by atoms with Crippen LogP contribution in [0.5, 0.6) is 0 Å². The van der Waals surface area contributed by atoms with Gasteiger partial charge in [-0.05, 0) is 41.3 Å². The van der Waals surface area contributed by atoms with Crippen molar-refractivity contribution >= 4 is 46.0 Å². The predicted molar refractivity (Wildman–Crippen MR) is 143 cm³/mol. The molecule has 0 bridgehead atoms. The molecule has 6 rings (SSSR count). The normalized spacial score (nSPS) is 12.1. The Morgan fingerprint density at radius 3 is 2.18 bits per heavy atom. The molecule has 0 saturated carbocycles. The molecule has 0 aliphatic heterocycles. The third kappa shape index (κ3) is 3.42. The topological polar surface area (TPSA) is 26.0 Å². The highest BCUT2D eigenvalue weighted by Crippen LogP contribution is 2.38. The van der Waals surface area contributed by atoms with Gasteiger partial charge in [0.05, 0.1) is 13.8 Å². The molecule has 0 N–H and O–H groups in total. The van der Waals surface area contributed by atoms with Gasteiger partial charge in [0.1, 0.15) is 17.0 Å². The summed E-state index contributed by atoms with van der Waals surface area (Å²) in [5.41, 5.74) is 5.51. The van der Waals surface area contributed by atoms with Crippen LogP contribution in [0.3, 0.4) is 0 Å². The quantitative estimate of drug-likeness (QED) is 0.249. The van der Waals surface area contributed by atoms with Crippen molar-refractivity contribution in [1.82, 2.24) is 4.98 Å². The summed E-state index contributed by atoms with van der Waals surface area (Å²) >= 11 is 0. The number of para-hydroxylation sites is 1. The Morgan fingerprint density at radius 2 is 1.44 bits per heavy atom. The third-order valence-corrected chi connectivity index (χ3v) is 8.63. The molecule has 34 heavy (non-hydrogen) atoms. The van der Waals surface area contributed by atoms with Gasteiger partial charge < -0.3 is 4.42 Å². The van der Waals surface area contributed by atoms with Gasteiger partial charge in [-0.3, -0.25) is 4.98 Å². The second-order valence-electron chi connectivity index (χ2n) is 9.85. The molecule has 0 unspecified atom stereocenters. The van der Waals surface area contributed by atoms with Crippen molar-refractivity contribution in [2.24, 2.45) is 0 Å². The lowest BCUT2D eigenvalue weighted by atomic mass is 10.0. The van der Waals surface area contributed by atoms with Gasteiger partial charge in [-0.1, -0.05) is 79.4 Å². The van der Waals surface area contributed by atoms with Crippen LogP contribution in [0.1, 0.15) is 0 Å². The minimum absolute atomic E-state index is 0.268. The Kier molecular flexibility index (Phi) is 4.68. The molecular formula is C30H24FNOSi. The van der Waals surface area contributed by atoms with Crippen molar-refractivity contribution in [2.75, 3.05) is 0 Å². The largest absolute Gasteiger partial charge is 0.455 e. The number of nitrogens with zero attached hydrogens (tertiary/aromatic N) is 1. The van der Waals surface area contributed by atoms with Crippen molar-refractivity contribution in [3.8, 4) is 22.4 Å². The SMILES string of the molecule is C[Si](C)(C)c1ccc(-c2ccc(-c3cccc4c3oc3c5cc(F)ccc5ccc43)nc2)cc1. The zero-order chi connectivity index (χ0) is 23.4. The van der Waals surface area contributed by atoms with Gasteiger partial charge >= 0.3 is 0 Å². The Bertz CT molecular complexity index is 1680. The number of benzene rings is 4. The van der Waals surface area contributed by atoms with Crippen LogP contribution >= 0.6 is 0 Å². The van der Waals surface area contributed by atoms with Gasteiger partial charge in [0, 0.05) is 33.5 Å². The maximum absolute atomic E-state index is 14.0. The standard InChI is InChI=1S/C30H24FNOSi/c1-34(2,3)23-13-8-19(9-14-23)21-11-16-28(32-18-21)26-6-4-5-24-25-15-10-20-7-12-22(31)17-27(20)30(25)33-29(24)26/h4-18H,1-3H3. The lowest BCUT2D eigenvalue weighted by molar-refractivity contribution is 0.629. The maximum atomic E-state index is 14.0. The first kappa shape index (κ1) is 20.8. The molecule has 0 saturated heterocycles. The van der Waals surface area contributed by atoms with Gasteiger partial charge in [-0.15, -0.1) is 0 Å². The first-order chi connectivity index (χ1) is 16.4. The average molecular weight is 462 g/mol. The van der Waals surface area contributed by atoms with E-state index < -0.39 is 8.07 Å². The Balaban J connectivity index is 1.44. The Morgan fingerprint density at radius 1 is 0.706 bits per heavy atom. The van der Waals surface area contributed by atoms with Crippen LogP contribution in [0.4, 0.5) is 4.39 Å². The molecule has 0 spiro atoms. The fraction of sp³-hybridized carbons (Fsp3) is 0.100. The smallest absolute Gasteiger partial charge is 0.144 e. The number of halogens is 1. The minimum Gasteiger partial charge on any atom is -0.455 e. The Hall–Kier alpha value is -3.76. The number of rotatable bonds is 3. The first-order valence-corrected chi connectivity index (χ1v) is 15.0. The van der Waals surface area contributed by atoms with E-state index in [1.54, 1.807) is 12.1 Å². The molecule has 6 aromatic rings. The molecule has 0 fully saturated rings. The second-order valence-corrected chi connectivity index (χ2v) is 14.9. The van der Waals surface area contributed by atoms with E-state index in [0.29, 0.717) is 5.58 Å². The summed E-state index contributed by atoms with van der Waals surface area (Å²) in [6, 6.07) is 28.0. The molecule has 0 radical (unpaired) electrons. The number of fused-ring (bicyclic) bond motifs is 5. The van der Waals surface area contributed by atoms with Crippen LogP contribution < -0.4 is 5.19 Å². The van der Waals surface area contributed by atoms with Crippen molar-refractivity contribution < 1.29 is 8.81 Å². The van der Waals surface area contributed by atoms with E-state index >= 15 is 0 Å². The van der Waals surface area contributed by atoms with Gasteiger partial charge in [-0.2, -0.15) is 0 Å². The highest BCUT2D eigenvalue weighted by molar-refractivity contribution is 6.88. The van der Waals surface area contributed by atoms with Crippen molar-refractivity contribution in [3.63, 3.8) is 0 Å². The number of furan rings is 1. The van der Waals surface area contributed by atoms with E-state index in [2.05, 4.69) is 50.0 Å². The lowest BCUT2D eigenvalue weighted by Crippen LogP contribution is -2.37. The van der Waals surface area contributed by atoms with Crippen molar-refractivity contribution in [2.45, 2.75) is 19.6 Å².